The van der Waals surface area contributed by atoms with Crippen molar-refractivity contribution in [1.29, 1.82) is 0 Å². The molecule has 0 heterocycles. The summed E-state index contributed by atoms with van der Waals surface area (Å²) in [5.74, 6) is -1.07. The van der Waals surface area contributed by atoms with E-state index in [1.807, 2.05) is 0 Å². The Hall–Kier alpha value is -2.05. The van der Waals surface area contributed by atoms with Gasteiger partial charge in [-0.05, 0) is 13.0 Å². The molecule has 7 heteroatoms. The Labute approximate surface area is 77.3 Å². The summed E-state index contributed by atoms with van der Waals surface area (Å²) >= 11 is 0. The second-order valence-corrected chi connectivity index (χ2v) is 2.55. The van der Waals surface area contributed by atoms with Gasteiger partial charge in [0, 0.05) is 6.07 Å². The lowest BCUT2D eigenvalue weighted by Gasteiger charge is -1.99. The number of nitro benzene ring substituents is 2. The Bertz CT molecular complexity index is 418. The summed E-state index contributed by atoms with van der Waals surface area (Å²) in [5.41, 5.74) is -1.59. The van der Waals surface area contributed by atoms with Gasteiger partial charge in [-0.25, -0.2) is 0 Å². The van der Waals surface area contributed by atoms with Crippen LogP contribution in [0.3, 0.4) is 0 Å². The van der Waals surface area contributed by atoms with E-state index in [-0.39, 0.29) is 5.56 Å². The van der Waals surface area contributed by atoms with Crippen LogP contribution < -0.4 is 0 Å². The summed E-state index contributed by atoms with van der Waals surface area (Å²) in [6.45, 7) is 1.14. The normalized spacial score (nSPS) is 9.86. The van der Waals surface area contributed by atoms with Crippen molar-refractivity contribution < 1.29 is 14.2 Å². The van der Waals surface area contributed by atoms with Crippen molar-refractivity contribution in [3.05, 3.63) is 43.7 Å². The minimum Gasteiger partial charge on any atom is -0.258 e. The first kappa shape index (κ1) is 10.0. The van der Waals surface area contributed by atoms with Crippen LogP contribution in [-0.2, 0) is 0 Å². The van der Waals surface area contributed by atoms with E-state index in [9.17, 15) is 24.6 Å². The van der Waals surface area contributed by atoms with Crippen molar-refractivity contribution in [2.24, 2.45) is 0 Å². The zero-order chi connectivity index (χ0) is 10.9. The van der Waals surface area contributed by atoms with Crippen LogP contribution >= 0.6 is 0 Å². The van der Waals surface area contributed by atoms with Gasteiger partial charge in [0.05, 0.1) is 9.85 Å². The monoisotopic (exact) mass is 200 g/mol. The van der Waals surface area contributed by atoms with Crippen LogP contribution in [0.15, 0.2) is 12.1 Å². The molecule has 0 fully saturated rings. The zero-order valence-corrected chi connectivity index (χ0v) is 7.06. The average Bonchev–Trinajstić information content (AvgIpc) is 2.02. The summed E-state index contributed by atoms with van der Waals surface area (Å²) < 4.78 is 12.9. The molecule has 0 N–H and O–H groups in total. The molecule has 0 aliphatic carbocycles. The number of nitrogens with zero attached hydrogens (tertiary/aromatic N) is 2. The molecule has 0 radical (unpaired) electrons. The summed E-state index contributed by atoms with van der Waals surface area (Å²) in [4.78, 5) is 19.0. The lowest BCUT2D eigenvalue weighted by atomic mass is 10.1. The number of nitro groups is 2. The lowest BCUT2D eigenvalue weighted by Crippen LogP contribution is -1.99. The molecule has 0 unspecified atom stereocenters. The quantitative estimate of drug-likeness (QED) is 0.539. The van der Waals surface area contributed by atoms with Crippen LogP contribution in [0.2, 0.25) is 0 Å². The summed E-state index contributed by atoms with van der Waals surface area (Å²) in [6, 6.07) is 1.61. The topological polar surface area (TPSA) is 86.3 Å². The van der Waals surface area contributed by atoms with Gasteiger partial charge in [0.2, 0.25) is 5.82 Å². The number of benzene rings is 1. The molecule has 0 saturated carbocycles. The van der Waals surface area contributed by atoms with Crippen molar-refractivity contribution in [3.8, 4) is 0 Å². The van der Waals surface area contributed by atoms with E-state index < -0.39 is 27.0 Å². The van der Waals surface area contributed by atoms with Crippen LogP contribution in [0.25, 0.3) is 0 Å². The van der Waals surface area contributed by atoms with Crippen LogP contribution in [-0.4, -0.2) is 9.85 Å². The molecule has 0 spiro atoms. The molecule has 14 heavy (non-hydrogen) atoms. The van der Waals surface area contributed by atoms with Gasteiger partial charge in [0.15, 0.2) is 0 Å². The highest BCUT2D eigenvalue weighted by Crippen LogP contribution is 2.29. The van der Waals surface area contributed by atoms with E-state index in [4.69, 9.17) is 0 Å². The molecule has 0 amide bonds. The fourth-order valence-electron chi connectivity index (χ4n) is 1.08. The lowest BCUT2D eigenvalue weighted by molar-refractivity contribution is -0.396. The second-order valence-electron chi connectivity index (χ2n) is 2.55. The fraction of sp³-hybridized carbons (Fsp3) is 0.143. The molecule has 1 rings (SSSR count). The van der Waals surface area contributed by atoms with Gasteiger partial charge in [-0.15, -0.1) is 0 Å². The molecule has 1 aromatic carbocycles. The largest absolute Gasteiger partial charge is 0.314 e. The van der Waals surface area contributed by atoms with Crippen molar-refractivity contribution in [2.45, 2.75) is 6.92 Å². The van der Waals surface area contributed by atoms with Gasteiger partial charge in [0.25, 0.3) is 5.69 Å². The van der Waals surface area contributed by atoms with Crippen molar-refractivity contribution in [1.82, 2.24) is 0 Å². The highest BCUT2D eigenvalue weighted by atomic mass is 19.1. The molecule has 0 aromatic heterocycles. The van der Waals surface area contributed by atoms with Crippen LogP contribution in [0, 0.1) is 33.0 Å². The third kappa shape index (κ3) is 1.51. The first-order chi connectivity index (χ1) is 6.45. The summed E-state index contributed by atoms with van der Waals surface area (Å²) in [5, 5.41) is 20.7. The third-order valence-electron chi connectivity index (χ3n) is 1.73. The molecular formula is C7H5FN2O4. The van der Waals surface area contributed by atoms with E-state index in [0.717, 1.165) is 13.0 Å². The molecular weight excluding hydrogens is 195 g/mol. The van der Waals surface area contributed by atoms with Crippen molar-refractivity contribution >= 4 is 11.4 Å². The predicted molar refractivity (Wildman–Crippen MR) is 44.4 cm³/mol. The van der Waals surface area contributed by atoms with E-state index in [1.165, 1.54) is 0 Å². The van der Waals surface area contributed by atoms with Gasteiger partial charge in [-0.2, -0.15) is 4.39 Å². The standard InChI is InChI=1S/C7H5FN2O4/c1-4-6(9(11)12)3-2-5(8)7(4)10(13)14/h2-3H,1H3. The maximum Gasteiger partial charge on any atom is 0.314 e. The van der Waals surface area contributed by atoms with Crippen molar-refractivity contribution in [2.75, 3.05) is 0 Å². The number of rotatable bonds is 2. The first-order valence-electron chi connectivity index (χ1n) is 3.53. The zero-order valence-electron chi connectivity index (χ0n) is 7.06. The molecule has 0 atom stereocenters. The first-order valence-corrected chi connectivity index (χ1v) is 3.53. The van der Waals surface area contributed by atoms with Crippen LogP contribution in [0.5, 0.6) is 0 Å². The number of halogens is 1. The SMILES string of the molecule is Cc1c([N+](=O)[O-])ccc(F)c1[N+](=O)[O-]. The van der Waals surface area contributed by atoms with Gasteiger partial charge in [-0.3, -0.25) is 20.2 Å². The minimum atomic E-state index is -1.07. The Kier molecular flexibility index (Phi) is 2.41. The smallest absolute Gasteiger partial charge is 0.258 e. The Balaban J connectivity index is 3.49. The summed E-state index contributed by atoms with van der Waals surface area (Å²) in [7, 11) is 0. The van der Waals surface area contributed by atoms with E-state index in [0.29, 0.717) is 6.07 Å². The fourth-order valence-corrected chi connectivity index (χ4v) is 1.08. The van der Waals surface area contributed by atoms with Crippen molar-refractivity contribution in [3.63, 3.8) is 0 Å². The van der Waals surface area contributed by atoms with E-state index in [2.05, 4.69) is 0 Å². The molecule has 0 aliphatic rings. The van der Waals surface area contributed by atoms with Gasteiger partial charge in [-0.1, -0.05) is 0 Å². The maximum atomic E-state index is 12.9. The molecule has 6 nitrogen and oxygen atoms in total. The number of hydrogen-bond acceptors (Lipinski definition) is 4. The predicted octanol–water partition coefficient (Wildman–Crippen LogP) is 1.95. The Morgan fingerprint density at radius 3 is 2.21 bits per heavy atom. The minimum absolute atomic E-state index is 0.278. The maximum absolute atomic E-state index is 12.9. The molecule has 1 aromatic rings. The van der Waals surface area contributed by atoms with Gasteiger partial charge < -0.3 is 0 Å². The van der Waals surface area contributed by atoms with Crippen LogP contribution in [0.1, 0.15) is 5.56 Å². The molecule has 74 valence electrons. The van der Waals surface area contributed by atoms with Gasteiger partial charge >= 0.3 is 5.69 Å². The van der Waals surface area contributed by atoms with Gasteiger partial charge in [0.1, 0.15) is 5.56 Å². The summed E-state index contributed by atoms with van der Waals surface area (Å²) in [6.07, 6.45) is 0. The van der Waals surface area contributed by atoms with E-state index >= 15 is 0 Å². The highest BCUT2D eigenvalue weighted by Gasteiger charge is 2.25. The average molecular weight is 200 g/mol. The second kappa shape index (κ2) is 3.36. The van der Waals surface area contributed by atoms with Crippen LogP contribution in [0.4, 0.5) is 15.8 Å². The highest BCUT2D eigenvalue weighted by molar-refractivity contribution is 5.53. The third-order valence-corrected chi connectivity index (χ3v) is 1.73. The van der Waals surface area contributed by atoms with E-state index in [1.54, 1.807) is 0 Å². The molecule has 0 saturated heterocycles. The Morgan fingerprint density at radius 1 is 1.21 bits per heavy atom. The molecule has 0 aliphatic heterocycles. The Morgan fingerprint density at radius 2 is 1.79 bits per heavy atom. The molecule has 0 bridgehead atoms. The number of hydrogen-bond donors (Lipinski definition) is 0.